The highest BCUT2D eigenvalue weighted by molar-refractivity contribution is 5.91. The minimum absolute atomic E-state index is 0.0456. The highest BCUT2D eigenvalue weighted by atomic mass is 19.1. The van der Waals surface area contributed by atoms with Crippen LogP contribution in [0.2, 0.25) is 0 Å². The Kier molecular flexibility index (Phi) is 5.26. The molecule has 0 aliphatic carbocycles. The van der Waals surface area contributed by atoms with E-state index in [1.54, 1.807) is 36.4 Å². The van der Waals surface area contributed by atoms with Crippen molar-refractivity contribution >= 4 is 11.6 Å². The summed E-state index contributed by atoms with van der Waals surface area (Å²) in [6.07, 6.45) is 0. The van der Waals surface area contributed by atoms with Crippen molar-refractivity contribution in [2.24, 2.45) is 0 Å². The number of nitrogens with one attached hydrogen (secondary N) is 1. The van der Waals surface area contributed by atoms with E-state index >= 15 is 0 Å². The Balaban J connectivity index is 1.52. The Morgan fingerprint density at radius 1 is 0.840 bits per heavy atom. The molecule has 0 aromatic heterocycles. The Morgan fingerprint density at radius 3 is 2.20 bits per heavy atom. The topological polar surface area (TPSA) is 47.6 Å². The molecule has 1 amide bonds. The average Bonchev–Trinajstić information content (AvgIpc) is 2.64. The molecule has 0 spiro atoms. The zero-order chi connectivity index (χ0) is 17.5. The largest absolute Gasteiger partial charge is 0.481 e. The van der Waals surface area contributed by atoms with Gasteiger partial charge in [0.1, 0.15) is 11.5 Å². The number of amides is 1. The Bertz CT molecular complexity index is 835. The van der Waals surface area contributed by atoms with Gasteiger partial charge in [0.05, 0.1) is 0 Å². The summed E-state index contributed by atoms with van der Waals surface area (Å²) in [5, 5.41) is 2.68. The fourth-order valence-electron chi connectivity index (χ4n) is 2.13. The number of ether oxygens (including phenoxy) is 2. The number of hydrogen-bond acceptors (Lipinski definition) is 3. The maximum Gasteiger partial charge on any atom is 0.262 e. The maximum atomic E-state index is 13.4. The Labute approximate surface area is 144 Å². The molecule has 0 atom stereocenters. The van der Waals surface area contributed by atoms with Crippen molar-refractivity contribution in [3.05, 3.63) is 84.7 Å². The molecule has 0 unspecified atom stereocenters. The number of hydrogen-bond donors (Lipinski definition) is 1. The predicted molar refractivity (Wildman–Crippen MR) is 93.5 cm³/mol. The number of para-hydroxylation sites is 2. The predicted octanol–water partition coefficient (Wildman–Crippen LogP) is 4.64. The van der Waals surface area contributed by atoms with Crippen molar-refractivity contribution in [3.63, 3.8) is 0 Å². The highest BCUT2D eigenvalue weighted by Crippen LogP contribution is 2.22. The van der Waals surface area contributed by atoms with E-state index < -0.39 is 5.82 Å². The molecule has 0 heterocycles. The van der Waals surface area contributed by atoms with E-state index in [0.717, 1.165) is 5.75 Å². The summed E-state index contributed by atoms with van der Waals surface area (Å²) in [5.74, 6) is 0.561. The minimum atomic E-state index is -0.502. The lowest BCUT2D eigenvalue weighted by molar-refractivity contribution is -0.118. The van der Waals surface area contributed by atoms with Gasteiger partial charge in [-0.3, -0.25) is 4.79 Å². The van der Waals surface area contributed by atoms with E-state index in [0.29, 0.717) is 11.4 Å². The smallest absolute Gasteiger partial charge is 0.262 e. The third kappa shape index (κ3) is 4.81. The second-order valence-corrected chi connectivity index (χ2v) is 5.21. The van der Waals surface area contributed by atoms with Gasteiger partial charge in [0, 0.05) is 5.69 Å². The molecule has 0 aliphatic rings. The molecule has 1 N–H and O–H groups in total. The number of carbonyl (C=O) groups is 1. The summed E-state index contributed by atoms with van der Waals surface area (Å²) in [4.78, 5) is 11.9. The molecular weight excluding hydrogens is 321 g/mol. The van der Waals surface area contributed by atoms with Crippen molar-refractivity contribution in [3.8, 4) is 17.2 Å². The number of rotatable bonds is 6. The van der Waals surface area contributed by atoms with Crippen LogP contribution in [0.1, 0.15) is 0 Å². The Morgan fingerprint density at radius 2 is 1.48 bits per heavy atom. The molecule has 0 radical (unpaired) electrons. The first kappa shape index (κ1) is 16.5. The molecule has 0 aliphatic heterocycles. The molecular formula is C20H16FNO3. The first-order chi connectivity index (χ1) is 12.2. The van der Waals surface area contributed by atoms with Gasteiger partial charge in [-0.15, -0.1) is 0 Å². The molecule has 0 saturated carbocycles. The van der Waals surface area contributed by atoms with Crippen LogP contribution < -0.4 is 14.8 Å². The molecule has 0 fully saturated rings. The van der Waals surface area contributed by atoms with Crippen molar-refractivity contribution in [1.29, 1.82) is 0 Å². The molecule has 25 heavy (non-hydrogen) atoms. The van der Waals surface area contributed by atoms with Crippen LogP contribution in [0.25, 0.3) is 0 Å². The minimum Gasteiger partial charge on any atom is -0.481 e. The van der Waals surface area contributed by atoms with Crippen molar-refractivity contribution in [2.45, 2.75) is 0 Å². The van der Waals surface area contributed by atoms with E-state index in [2.05, 4.69) is 5.32 Å². The van der Waals surface area contributed by atoms with Crippen LogP contribution >= 0.6 is 0 Å². The summed E-state index contributed by atoms with van der Waals surface area (Å²) >= 11 is 0. The Hall–Kier alpha value is -3.34. The zero-order valence-electron chi connectivity index (χ0n) is 13.3. The van der Waals surface area contributed by atoms with Gasteiger partial charge in [-0.1, -0.05) is 30.3 Å². The second kappa shape index (κ2) is 7.97. The van der Waals surface area contributed by atoms with Gasteiger partial charge in [-0.05, 0) is 48.5 Å². The molecule has 126 valence electrons. The highest BCUT2D eigenvalue weighted by Gasteiger charge is 2.07. The summed E-state index contributed by atoms with van der Waals surface area (Å²) in [6.45, 7) is -0.275. The van der Waals surface area contributed by atoms with Crippen LogP contribution in [0.4, 0.5) is 10.1 Å². The third-order valence-electron chi connectivity index (χ3n) is 3.31. The summed E-state index contributed by atoms with van der Waals surface area (Å²) in [5.41, 5.74) is 0.600. The van der Waals surface area contributed by atoms with Crippen LogP contribution in [0.3, 0.4) is 0 Å². The van der Waals surface area contributed by atoms with E-state index in [9.17, 15) is 9.18 Å². The fourth-order valence-corrected chi connectivity index (χ4v) is 2.13. The molecule has 5 heteroatoms. The zero-order valence-corrected chi connectivity index (χ0v) is 13.3. The molecule has 3 aromatic rings. The molecule has 0 saturated heterocycles. The molecule has 4 nitrogen and oxygen atoms in total. The van der Waals surface area contributed by atoms with E-state index in [-0.39, 0.29) is 18.3 Å². The van der Waals surface area contributed by atoms with E-state index in [4.69, 9.17) is 9.47 Å². The van der Waals surface area contributed by atoms with Crippen molar-refractivity contribution < 1.29 is 18.7 Å². The number of carbonyl (C=O) groups excluding carboxylic acids is 1. The number of anilines is 1. The monoisotopic (exact) mass is 337 g/mol. The van der Waals surface area contributed by atoms with Gasteiger partial charge in [0.15, 0.2) is 18.2 Å². The van der Waals surface area contributed by atoms with Gasteiger partial charge >= 0.3 is 0 Å². The normalized spacial score (nSPS) is 10.1. The molecule has 3 rings (SSSR count). The van der Waals surface area contributed by atoms with Crippen LogP contribution in [0.5, 0.6) is 17.2 Å². The summed E-state index contributed by atoms with van der Waals surface area (Å²) in [7, 11) is 0. The second-order valence-electron chi connectivity index (χ2n) is 5.21. The first-order valence-corrected chi connectivity index (χ1v) is 7.71. The van der Waals surface area contributed by atoms with Crippen LogP contribution in [0, 0.1) is 5.82 Å². The fraction of sp³-hybridized carbons (Fsp3) is 0.0500. The van der Waals surface area contributed by atoms with Crippen molar-refractivity contribution in [1.82, 2.24) is 0 Å². The van der Waals surface area contributed by atoms with E-state index in [1.165, 1.54) is 12.1 Å². The first-order valence-electron chi connectivity index (χ1n) is 7.71. The van der Waals surface area contributed by atoms with Gasteiger partial charge in [-0.25, -0.2) is 4.39 Å². The number of halogens is 1. The van der Waals surface area contributed by atoms with Crippen molar-refractivity contribution in [2.75, 3.05) is 11.9 Å². The summed E-state index contributed by atoms with van der Waals surface area (Å²) < 4.78 is 24.3. The lowest BCUT2D eigenvalue weighted by Crippen LogP contribution is -2.20. The van der Waals surface area contributed by atoms with E-state index in [1.807, 2.05) is 30.3 Å². The van der Waals surface area contributed by atoms with Gasteiger partial charge < -0.3 is 14.8 Å². The number of benzene rings is 3. The lowest BCUT2D eigenvalue weighted by Gasteiger charge is -2.09. The van der Waals surface area contributed by atoms with Crippen LogP contribution in [0.15, 0.2) is 78.9 Å². The quantitative estimate of drug-likeness (QED) is 0.713. The SMILES string of the molecule is O=C(COc1ccccc1F)Nc1ccc(Oc2ccccc2)cc1. The third-order valence-corrected chi connectivity index (χ3v) is 3.31. The van der Waals surface area contributed by atoms with Gasteiger partial charge in [0.2, 0.25) is 0 Å². The molecule has 0 bridgehead atoms. The lowest BCUT2D eigenvalue weighted by atomic mass is 10.3. The van der Waals surface area contributed by atoms with Gasteiger partial charge in [-0.2, -0.15) is 0 Å². The average molecular weight is 337 g/mol. The maximum absolute atomic E-state index is 13.4. The van der Waals surface area contributed by atoms with Crippen LogP contribution in [-0.2, 0) is 4.79 Å². The standard InChI is InChI=1S/C20H16FNO3/c21-18-8-4-5-9-19(18)24-14-20(23)22-15-10-12-17(13-11-15)25-16-6-2-1-3-7-16/h1-13H,14H2,(H,22,23). The van der Waals surface area contributed by atoms with Gasteiger partial charge in [0.25, 0.3) is 5.91 Å². The summed E-state index contributed by atoms with van der Waals surface area (Å²) in [6, 6.07) is 22.3. The van der Waals surface area contributed by atoms with Crippen LogP contribution in [-0.4, -0.2) is 12.5 Å². The molecule has 3 aromatic carbocycles.